The van der Waals surface area contributed by atoms with E-state index < -0.39 is 0 Å². The first kappa shape index (κ1) is 12.1. The molecule has 19 heavy (non-hydrogen) atoms. The lowest BCUT2D eigenvalue weighted by molar-refractivity contribution is 1.04. The quantitative estimate of drug-likeness (QED) is 0.692. The SMILES string of the molecule is Brc1ccc(-c2cccc(-c3cccnn3)c2)cc1. The van der Waals surface area contributed by atoms with Gasteiger partial charge in [0, 0.05) is 16.2 Å². The van der Waals surface area contributed by atoms with Gasteiger partial charge in [-0.2, -0.15) is 10.2 Å². The van der Waals surface area contributed by atoms with Gasteiger partial charge in [0.15, 0.2) is 0 Å². The maximum Gasteiger partial charge on any atom is 0.0929 e. The summed E-state index contributed by atoms with van der Waals surface area (Å²) in [6.45, 7) is 0. The van der Waals surface area contributed by atoms with Crippen molar-refractivity contribution in [3.63, 3.8) is 0 Å². The van der Waals surface area contributed by atoms with Crippen LogP contribution in [0.15, 0.2) is 71.3 Å². The van der Waals surface area contributed by atoms with Crippen molar-refractivity contribution in [2.45, 2.75) is 0 Å². The van der Waals surface area contributed by atoms with Gasteiger partial charge in [-0.25, -0.2) is 0 Å². The van der Waals surface area contributed by atoms with E-state index in [4.69, 9.17) is 0 Å². The van der Waals surface area contributed by atoms with E-state index in [9.17, 15) is 0 Å². The molecule has 0 aliphatic carbocycles. The lowest BCUT2D eigenvalue weighted by Gasteiger charge is -2.05. The predicted octanol–water partition coefficient (Wildman–Crippen LogP) is 4.57. The monoisotopic (exact) mass is 310 g/mol. The summed E-state index contributed by atoms with van der Waals surface area (Å²) in [5, 5.41) is 8.06. The number of nitrogens with zero attached hydrogens (tertiary/aromatic N) is 2. The third kappa shape index (κ3) is 2.71. The molecule has 0 saturated carbocycles. The van der Waals surface area contributed by atoms with Crippen LogP contribution in [-0.4, -0.2) is 10.2 Å². The molecule has 92 valence electrons. The van der Waals surface area contributed by atoms with Crippen LogP contribution in [0.4, 0.5) is 0 Å². The largest absolute Gasteiger partial charge is 0.159 e. The summed E-state index contributed by atoms with van der Waals surface area (Å²) in [7, 11) is 0. The molecule has 3 heteroatoms. The number of benzene rings is 2. The van der Waals surface area contributed by atoms with Crippen molar-refractivity contribution in [3.05, 3.63) is 71.3 Å². The van der Waals surface area contributed by atoms with Crippen molar-refractivity contribution >= 4 is 15.9 Å². The fourth-order valence-electron chi connectivity index (χ4n) is 1.96. The summed E-state index contributed by atoms with van der Waals surface area (Å²) in [6.07, 6.45) is 1.68. The zero-order valence-corrected chi connectivity index (χ0v) is 11.7. The van der Waals surface area contributed by atoms with Gasteiger partial charge in [0.05, 0.1) is 5.69 Å². The van der Waals surface area contributed by atoms with Crippen LogP contribution in [0.3, 0.4) is 0 Å². The molecule has 0 spiro atoms. The second kappa shape index (κ2) is 5.33. The van der Waals surface area contributed by atoms with E-state index in [1.807, 2.05) is 36.4 Å². The normalized spacial score (nSPS) is 10.4. The maximum atomic E-state index is 4.14. The average molecular weight is 311 g/mol. The summed E-state index contributed by atoms with van der Waals surface area (Å²) in [6, 6.07) is 20.5. The topological polar surface area (TPSA) is 25.8 Å². The molecule has 2 nitrogen and oxygen atoms in total. The lowest BCUT2D eigenvalue weighted by atomic mass is 10.0. The molecule has 0 bridgehead atoms. The standard InChI is InChI=1S/C16H11BrN2/c17-15-8-6-12(7-9-15)13-3-1-4-14(11-13)16-5-2-10-18-19-16/h1-11H. The molecule has 0 aliphatic rings. The number of aromatic nitrogens is 2. The second-order valence-electron chi connectivity index (χ2n) is 4.20. The summed E-state index contributed by atoms with van der Waals surface area (Å²) < 4.78 is 1.08. The third-order valence-electron chi connectivity index (χ3n) is 2.91. The molecule has 0 atom stereocenters. The first-order valence-corrected chi connectivity index (χ1v) is 6.76. The van der Waals surface area contributed by atoms with Gasteiger partial charge in [0.1, 0.15) is 0 Å². The Kier molecular flexibility index (Phi) is 3.38. The Morgan fingerprint density at radius 3 is 2.26 bits per heavy atom. The van der Waals surface area contributed by atoms with Gasteiger partial charge in [-0.1, -0.05) is 46.3 Å². The van der Waals surface area contributed by atoms with Crippen LogP contribution in [0.1, 0.15) is 0 Å². The van der Waals surface area contributed by atoms with Crippen LogP contribution in [0, 0.1) is 0 Å². The van der Waals surface area contributed by atoms with Crippen molar-refractivity contribution in [1.29, 1.82) is 0 Å². The van der Waals surface area contributed by atoms with E-state index in [-0.39, 0.29) is 0 Å². The van der Waals surface area contributed by atoms with Gasteiger partial charge >= 0.3 is 0 Å². The predicted molar refractivity (Wildman–Crippen MR) is 80.6 cm³/mol. The van der Waals surface area contributed by atoms with E-state index >= 15 is 0 Å². The average Bonchev–Trinajstić information content (AvgIpc) is 2.49. The van der Waals surface area contributed by atoms with E-state index in [1.165, 1.54) is 11.1 Å². The van der Waals surface area contributed by atoms with Gasteiger partial charge in [-0.15, -0.1) is 0 Å². The fraction of sp³-hybridized carbons (Fsp3) is 0. The third-order valence-corrected chi connectivity index (χ3v) is 3.44. The van der Waals surface area contributed by atoms with E-state index in [0.29, 0.717) is 0 Å². The zero-order valence-electron chi connectivity index (χ0n) is 10.1. The van der Waals surface area contributed by atoms with Gasteiger partial charge in [0.2, 0.25) is 0 Å². The minimum atomic E-state index is 0.890. The van der Waals surface area contributed by atoms with Crippen LogP contribution < -0.4 is 0 Å². The number of halogens is 1. The van der Waals surface area contributed by atoms with E-state index in [2.05, 4.69) is 50.4 Å². The van der Waals surface area contributed by atoms with Crippen LogP contribution >= 0.6 is 15.9 Å². The Labute approximate surface area is 120 Å². The molecule has 0 aliphatic heterocycles. The van der Waals surface area contributed by atoms with Crippen LogP contribution in [0.5, 0.6) is 0 Å². The van der Waals surface area contributed by atoms with Gasteiger partial charge in [-0.05, 0) is 41.5 Å². The van der Waals surface area contributed by atoms with Gasteiger partial charge < -0.3 is 0 Å². The van der Waals surface area contributed by atoms with Crippen molar-refractivity contribution in [3.8, 4) is 22.4 Å². The first-order valence-electron chi connectivity index (χ1n) is 5.97. The summed E-state index contributed by atoms with van der Waals surface area (Å²) >= 11 is 3.45. The number of rotatable bonds is 2. The lowest BCUT2D eigenvalue weighted by Crippen LogP contribution is -1.86. The van der Waals surface area contributed by atoms with Gasteiger partial charge in [-0.3, -0.25) is 0 Å². The summed E-state index contributed by atoms with van der Waals surface area (Å²) in [5.41, 5.74) is 4.33. The van der Waals surface area contributed by atoms with E-state index in [0.717, 1.165) is 15.7 Å². The van der Waals surface area contributed by atoms with Crippen molar-refractivity contribution < 1.29 is 0 Å². The van der Waals surface area contributed by atoms with Crippen molar-refractivity contribution in [2.75, 3.05) is 0 Å². The molecule has 2 aromatic carbocycles. The highest BCUT2D eigenvalue weighted by Crippen LogP contribution is 2.26. The molecular formula is C16H11BrN2. The van der Waals surface area contributed by atoms with Crippen LogP contribution in [0.25, 0.3) is 22.4 Å². The summed E-state index contributed by atoms with van der Waals surface area (Å²) in [4.78, 5) is 0. The highest BCUT2D eigenvalue weighted by atomic mass is 79.9. The van der Waals surface area contributed by atoms with Crippen molar-refractivity contribution in [1.82, 2.24) is 10.2 Å². The minimum Gasteiger partial charge on any atom is -0.159 e. The van der Waals surface area contributed by atoms with Crippen LogP contribution in [-0.2, 0) is 0 Å². The van der Waals surface area contributed by atoms with Gasteiger partial charge in [0.25, 0.3) is 0 Å². The fourth-order valence-corrected chi connectivity index (χ4v) is 2.22. The Morgan fingerprint density at radius 2 is 1.53 bits per heavy atom. The smallest absolute Gasteiger partial charge is 0.0929 e. The Morgan fingerprint density at radius 1 is 0.737 bits per heavy atom. The molecule has 3 aromatic rings. The highest BCUT2D eigenvalue weighted by Gasteiger charge is 2.02. The number of hydrogen-bond donors (Lipinski definition) is 0. The highest BCUT2D eigenvalue weighted by molar-refractivity contribution is 9.10. The second-order valence-corrected chi connectivity index (χ2v) is 5.11. The Bertz CT molecular complexity index is 679. The molecule has 0 unspecified atom stereocenters. The summed E-state index contributed by atoms with van der Waals surface area (Å²) in [5.74, 6) is 0. The van der Waals surface area contributed by atoms with Crippen molar-refractivity contribution in [2.24, 2.45) is 0 Å². The zero-order chi connectivity index (χ0) is 13.1. The molecule has 0 amide bonds. The number of hydrogen-bond acceptors (Lipinski definition) is 2. The molecule has 0 saturated heterocycles. The molecule has 0 N–H and O–H groups in total. The Balaban J connectivity index is 2.03. The Hall–Kier alpha value is -2.00. The molecular weight excluding hydrogens is 300 g/mol. The maximum absolute atomic E-state index is 4.14. The van der Waals surface area contributed by atoms with Crippen LogP contribution in [0.2, 0.25) is 0 Å². The molecule has 1 aromatic heterocycles. The first-order chi connectivity index (χ1) is 9.33. The molecule has 3 rings (SSSR count). The minimum absolute atomic E-state index is 0.890. The molecule has 0 radical (unpaired) electrons. The molecule has 0 fully saturated rings. The van der Waals surface area contributed by atoms with E-state index in [1.54, 1.807) is 6.20 Å². The molecule has 1 heterocycles.